The quantitative estimate of drug-likeness (QED) is 0.660. The van der Waals surface area contributed by atoms with Crippen molar-refractivity contribution >= 4 is 0 Å². The molecular weight excluding hydrogens is 188 g/mol. The van der Waals surface area contributed by atoms with Crippen molar-refractivity contribution in [1.29, 1.82) is 0 Å². The molecule has 0 radical (unpaired) electrons. The van der Waals surface area contributed by atoms with Gasteiger partial charge in [0, 0.05) is 26.7 Å². The van der Waals surface area contributed by atoms with Crippen LogP contribution in [0.4, 0.5) is 0 Å². The first-order chi connectivity index (χ1) is 7.38. The number of likely N-dealkylation sites (N-methyl/N-ethyl adjacent to an activating group) is 1. The molecule has 0 spiro atoms. The molecule has 0 heterocycles. The van der Waals surface area contributed by atoms with E-state index in [1.54, 1.807) is 7.11 Å². The van der Waals surface area contributed by atoms with Crippen LogP contribution in [-0.2, 0) is 4.74 Å². The molecule has 0 aromatic heterocycles. The Morgan fingerprint density at radius 3 is 2.53 bits per heavy atom. The number of benzene rings is 1. The van der Waals surface area contributed by atoms with E-state index in [1.165, 1.54) is 5.56 Å². The smallest absolute Gasteiger partial charge is 0.0945 e. The third-order valence-electron chi connectivity index (χ3n) is 2.34. The third kappa shape index (κ3) is 4.42. The number of hydrogen-bond acceptors (Lipinski definition) is 3. The highest BCUT2D eigenvalue weighted by Crippen LogP contribution is 2.14. The lowest BCUT2D eigenvalue weighted by Gasteiger charge is -2.16. The van der Waals surface area contributed by atoms with Gasteiger partial charge < -0.3 is 15.4 Å². The van der Waals surface area contributed by atoms with Crippen LogP contribution in [0, 0.1) is 0 Å². The molecule has 0 aliphatic carbocycles. The molecule has 0 saturated carbocycles. The van der Waals surface area contributed by atoms with E-state index in [1.807, 2.05) is 25.2 Å². The SMILES string of the molecule is CNCCNCC(OC)c1ccccc1. The molecule has 84 valence electrons. The molecule has 1 unspecified atom stereocenters. The Bertz CT molecular complexity index is 251. The van der Waals surface area contributed by atoms with Gasteiger partial charge in [0.1, 0.15) is 0 Å². The van der Waals surface area contributed by atoms with E-state index in [4.69, 9.17) is 4.74 Å². The second kappa shape index (κ2) is 7.40. The second-order valence-corrected chi connectivity index (χ2v) is 3.44. The van der Waals surface area contributed by atoms with Crippen LogP contribution in [0.3, 0.4) is 0 Å². The normalized spacial score (nSPS) is 12.7. The van der Waals surface area contributed by atoms with Crippen molar-refractivity contribution in [2.24, 2.45) is 0 Å². The zero-order valence-electron chi connectivity index (χ0n) is 9.49. The van der Waals surface area contributed by atoms with Crippen LogP contribution in [0.2, 0.25) is 0 Å². The van der Waals surface area contributed by atoms with Gasteiger partial charge in [0.25, 0.3) is 0 Å². The van der Waals surface area contributed by atoms with Crippen molar-refractivity contribution in [3.63, 3.8) is 0 Å². The van der Waals surface area contributed by atoms with Gasteiger partial charge in [0.15, 0.2) is 0 Å². The molecule has 3 heteroatoms. The predicted molar refractivity (Wildman–Crippen MR) is 63.0 cm³/mol. The summed E-state index contributed by atoms with van der Waals surface area (Å²) in [6.07, 6.45) is 0.142. The van der Waals surface area contributed by atoms with E-state index in [0.717, 1.165) is 19.6 Å². The average Bonchev–Trinajstić information content (AvgIpc) is 2.30. The van der Waals surface area contributed by atoms with Crippen molar-refractivity contribution in [1.82, 2.24) is 10.6 Å². The van der Waals surface area contributed by atoms with Crippen molar-refractivity contribution in [3.8, 4) is 0 Å². The zero-order chi connectivity index (χ0) is 10.9. The fourth-order valence-corrected chi connectivity index (χ4v) is 1.45. The molecule has 0 fully saturated rings. The van der Waals surface area contributed by atoms with Crippen LogP contribution in [0.5, 0.6) is 0 Å². The van der Waals surface area contributed by atoms with Crippen LogP contribution in [0.15, 0.2) is 30.3 Å². The Kier molecular flexibility index (Phi) is 6.00. The maximum absolute atomic E-state index is 5.43. The lowest BCUT2D eigenvalue weighted by atomic mass is 10.1. The van der Waals surface area contributed by atoms with Gasteiger partial charge in [-0.2, -0.15) is 0 Å². The number of ether oxygens (including phenoxy) is 1. The molecule has 0 bridgehead atoms. The Morgan fingerprint density at radius 2 is 1.93 bits per heavy atom. The third-order valence-corrected chi connectivity index (χ3v) is 2.34. The maximum Gasteiger partial charge on any atom is 0.0945 e. The minimum absolute atomic E-state index is 0.142. The van der Waals surface area contributed by atoms with Gasteiger partial charge in [-0.05, 0) is 12.6 Å². The summed E-state index contributed by atoms with van der Waals surface area (Å²) in [6, 6.07) is 10.3. The van der Waals surface area contributed by atoms with Crippen LogP contribution in [0.1, 0.15) is 11.7 Å². The second-order valence-electron chi connectivity index (χ2n) is 3.44. The summed E-state index contributed by atoms with van der Waals surface area (Å²) in [6.45, 7) is 2.79. The van der Waals surface area contributed by atoms with E-state index >= 15 is 0 Å². The fourth-order valence-electron chi connectivity index (χ4n) is 1.45. The Hall–Kier alpha value is -0.900. The lowest BCUT2D eigenvalue weighted by molar-refractivity contribution is 0.103. The Morgan fingerprint density at radius 1 is 1.20 bits per heavy atom. The van der Waals surface area contributed by atoms with E-state index < -0.39 is 0 Å². The standard InChI is InChI=1S/C12H20N2O/c1-13-8-9-14-10-12(15-2)11-6-4-3-5-7-11/h3-7,12-14H,8-10H2,1-2H3. The molecule has 1 aromatic carbocycles. The highest BCUT2D eigenvalue weighted by molar-refractivity contribution is 5.17. The van der Waals surface area contributed by atoms with Gasteiger partial charge in [-0.3, -0.25) is 0 Å². The molecule has 0 aliphatic rings. The molecule has 3 nitrogen and oxygen atoms in total. The molecule has 0 saturated heterocycles. The van der Waals surface area contributed by atoms with Crippen molar-refractivity contribution in [2.75, 3.05) is 33.8 Å². The van der Waals surface area contributed by atoms with Crippen LogP contribution < -0.4 is 10.6 Å². The van der Waals surface area contributed by atoms with Gasteiger partial charge in [-0.25, -0.2) is 0 Å². The minimum Gasteiger partial charge on any atom is -0.375 e. The molecule has 15 heavy (non-hydrogen) atoms. The molecule has 1 aromatic rings. The largest absolute Gasteiger partial charge is 0.375 e. The monoisotopic (exact) mass is 208 g/mol. The number of hydrogen-bond donors (Lipinski definition) is 2. The number of nitrogens with one attached hydrogen (secondary N) is 2. The van der Waals surface area contributed by atoms with Gasteiger partial charge >= 0.3 is 0 Å². The Labute approximate surface area is 91.8 Å². The summed E-state index contributed by atoms with van der Waals surface area (Å²) in [5.74, 6) is 0. The van der Waals surface area contributed by atoms with Gasteiger partial charge in [0.2, 0.25) is 0 Å². The van der Waals surface area contributed by atoms with Crippen molar-refractivity contribution < 1.29 is 4.74 Å². The minimum atomic E-state index is 0.142. The Balaban J connectivity index is 2.36. The predicted octanol–water partition coefficient (Wildman–Crippen LogP) is 1.18. The van der Waals surface area contributed by atoms with Crippen LogP contribution in [0.25, 0.3) is 0 Å². The summed E-state index contributed by atoms with van der Waals surface area (Å²) in [5, 5.41) is 6.44. The topological polar surface area (TPSA) is 33.3 Å². The number of methoxy groups -OCH3 is 1. The first kappa shape index (κ1) is 12.2. The van der Waals surface area contributed by atoms with Crippen LogP contribution in [-0.4, -0.2) is 33.8 Å². The lowest BCUT2D eigenvalue weighted by Crippen LogP contribution is -2.29. The van der Waals surface area contributed by atoms with Gasteiger partial charge in [0.05, 0.1) is 6.10 Å². The zero-order valence-corrected chi connectivity index (χ0v) is 9.49. The molecule has 2 N–H and O–H groups in total. The van der Waals surface area contributed by atoms with Crippen molar-refractivity contribution in [3.05, 3.63) is 35.9 Å². The highest BCUT2D eigenvalue weighted by atomic mass is 16.5. The van der Waals surface area contributed by atoms with Gasteiger partial charge in [-0.15, -0.1) is 0 Å². The fraction of sp³-hybridized carbons (Fsp3) is 0.500. The van der Waals surface area contributed by atoms with E-state index in [0.29, 0.717) is 0 Å². The number of rotatable bonds is 7. The summed E-state index contributed by atoms with van der Waals surface area (Å²) in [4.78, 5) is 0. The first-order valence-corrected chi connectivity index (χ1v) is 5.31. The summed E-state index contributed by atoms with van der Waals surface area (Å²) >= 11 is 0. The average molecular weight is 208 g/mol. The summed E-state index contributed by atoms with van der Waals surface area (Å²) < 4.78 is 5.43. The van der Waals surface area contributed by atoms with Crippen LogP contribution >= 0.6 is 0 Å². The van der Waals surface area contributed by atoms with Crippen molar-refractivity contribution in [2.45, 2.75) is 6.10 Å². The van der Waals surface area contributed by atoms with E-state index in [-0.39, 0.29) is 6.10 Å². The molecule has 0 amide bonds. The van der Waals surface area contributed by atoms with Gasteiger partial charge in [-0.1, -0.05) is 30.3 Å². The summed E-state index contributed by atoms with van der Waals surface area (Å²) in [5.41, 5.74) is 1.22. The molecular formula is C12H20N2O. The summed E-state index contributed by atoms with van der Waals surface area (Å²) in [7, 11) is 3.70. The molecule has 1 rings (SSSR count). The maximum atomic E-state index is 5.43. The van der Waals surface area contributed by atoms with E-state index in [9.17, 15) is 0 Å². The molecule has 0 aliphatic heterocycles. The first-order valence-electron chi connectivity index (χ1n) is 5.31. The molecule has 1 atom stereocenters. The highest BCUT2D eigenvalue weighted by Gasteiger charge is 2.08. The van der Waals surface area contributed by atoms with E-state index in [2.05, 4.69) is 22.8 Å².